The van der Waals surface area contributed by atoms with Gasteiger partial charge in [-0.15, -0.1) is 11.8 Å². The Balaban J connectivity index is 2.28. The lowest BCUT2D eigenvalue weighted by Crippen LogP contribution is -2.31. The molecule has 0 amide bonds. The van der Waals surface area contributed by atoms with E-state index in [1.165, 1.54) is 17.8 Å². The molecular weight excluding hydrogens is 244 g/mol. The first-order valence-electron chi connectivity index (χ1n) is 5.43. The largest absolute Gasteiger partial charge is 0.383 e. The molecule has 0 aliphatic heterocycles. The molecule has 1 aromatic rings. The van der Waals surface area contributed by atoms with Crippen LogP contribution < -0.4 is 5.32 Å². The Labute approximate surface area is 105 Å². The first-order valence-corrected chi connectivity index (χ1v) is 6.42. The van der Waals surface area contributed by atoms with E-state index in [1.807, 2.05) is 6.92 Å². The zero-order valence-electron chi connectivity index (χ0n) is 10.0. The first kappa shape index (κ1) is 14.4. The maximum Gasteiger partial charge on any atom is 0.136 e. The molecule has 0 radical (unpaired) electrons. The zero-order valence-corrected chi connectivity index (χ0v) is 10.8. The fraction of sp³-hybridized carbons (Fsp3) is 0.500. The molecule has 0 saturated heterocycles. The van der Waals surface area contributed by atoms with E-state index in [4.69, 9.17) is 4.74 Å². The highest BCUT2D eigenvalue weighted by atomic mass is 32.2. The van der Waals surface area contributed by atoms with Crippen LogP contribution in [0.4, 0.5) is 8.78 Å². The molecule has 1 unspecified atom stereocenters. The smallest absolute Gasteiger partial charge is 0.136 e. The molecule has 0 fully saturated rings. The van der Waals surface area contributed by atoms with Gasteiger partial charge in [0, 0.05) is 30.3 Å². The van der Waals surface area contributed by atoms with E-state index in [1.54, 1.807) is 7.11 Å². The topological polar surface area (TPSA) is 21.3 Å². The number of thioether (sulfide) groups is 1. The minimum absolute atomic E-state index is 0.262. The number of halogens is 2. The van der Waals surface area contributed by atoms with Crippen LogP contribution in [0.2, 0.25) is 0 Å². The average molecular weight is 261 g/mol. The monoisotopic (exact) mass is 261 g/mol. The molecule has 96 valence electrons. The summed E-state index contributed by atoms with van der Waals surface area (Å²) in [5, 5.41) is 3.23. The third kappa shape index (κ3) is 5.48. The molecule has 17 heavy (non-hydrogen) atoms. The lowest BCUT2D eigenvalue weighted by molar-refractivity contribution is 0.173. The number of ether oxygens (including phenoxy) is 1. The Morgan fingerprint density at radius 3 is 2.88 bits per heavy atom. The number of rotatable bonds is 7. The second-order valence-corrected chi connectivity index (χ2v) is 4.87. The van der Waals surface area contributed by atoms with Gasteiger partial charge >= 0.3 is 0 Å². The summed E-state index contributed by atoms with van der Waals surface area (Å²) in [6.45, 7) is 3.38. The standard InChI is InChI=1S/C12H17F2NOS/c1-9(8-16-2)15-5-6-17-12-7-10(13)3-4-11(12)14/h3-4,7,9,15H,5-6,8H2,1-2H3. The number of methoxy groups -OCH3 is 1. The van der Waals surface area contributed by atoms with Gasteiger partial charge < -0.3 is 10.1 Å². The number of benzene rings is 1. The van der Waals surface area contributed by atoms with Gasteiger partial charge in [0.2, 0.25) is 0 Å². The van der Waals surface area contributed by atoms with Crippen molar-refractivity contribution in [1.29, 1.82) is 0 Å². The van der Waals surface area contributed by atoms with E-state index < -0.39 is 5.82 Å². The number of nitrogens with one attached hydrogen (secondary N) is 1. The molecule has 5 heteroatoms. The SMILES string of the molecule is COCC(C)NCCSc1cc(F)ccc1F. The van der Waals surface area contributed by atoms with E-state index in [9.17, 15) is 8.78 Å². The maximum atomic E-state index is 13.2. The van der Waals surface area contributed by atoms with Crippen LogP contribution in [0.5, 0.6) is 0 Å². The highest BCUT2D eigenvalue weighted by Gasteiger charge is 2.05. The van der Waals surface area contributed by atoms with Crippen molar-refractivity contribution in [3.63, 3.8) is 0 Å². The molecule has 2 nitrogen and oxygen atoms in total. The minimum Gasteiger partial charge on any atom is -0.383 e. The van der Waals surface area contributed by atoms with Gasteiger partial charge in [-0.05, 0) is 25.1 Å². The van der Waals surface area contributed by atoms with Crippen molar-refractivity contribution in [2.24, 2.45) is 0 Å². The van der Waals surface area contributed by atoms with E-state index in [2.05, 4.69) is 5.32 Å². The predicted molar refractivity (Wildman–Crippen MR) is 66.4 cm³/mol. The zero-order chi connectivity index (χ0) is 12.7. The molecule has 1 rings (SSSR count). The molecule has 0 saturated carbocycles. The van der Waals surface area contributed by atoms with Gasteiger partial charge in [-0.2, -0.15) is 0 Å². The van der Waals surface area contributed by atoms with Crippen LogP contribution in [0.25, 0.3) is 0 Å². The molecule has 0 heterocycles. The van der Waals surface area contributed by atoms with Crippen LogP contribution in [0.1, 0.15) is 6.92 Å². The van der Waals surface area contributed by atoms with Gasteiger partial charge in [-0.25, -0.2) is 8.78 Å². The molecule has 0 aliphatic carbocycles. The summed E-state index contributed by atoms with van der Waals surface area (Å²) >= 11 is 1.30. The number of hydrogen-bond acceptors (Lipinski definition) is 3. The highest BCUT2D eigenvalue weighted by molar-refractivity contribution is 7.99. The Morgan fingerprint density at radius 2 is 2.18 bits per heavy atom. The molecule has 0 aliphatic rings. The Hall–Kier alpha value is -0.650. The van der Waals surface area contributed by atoms with Gasteiger partial charge in [0.15, 0.2) is 0 Å². The summed E-state index contributed by atoms with van der Waals surface area (Å²) in [5.41, 5.74) is 0. The van der Waals surface area contributed by atoms with Gasteiger partial charge in [-0.1, -0.05) is 0 Å². The van der Waals surface area contributed by atoms with Crippen molar-refractivity contribution in [3.8, 4) is 0 Å². The molecule has 0 spiro atoms. The summed E-state index contributed by atoms with van der Waals surface area (Å²) in [6, 6.07) is 3.76. The van der Waals surface area contributed by atoms with Crippen molar-refractivity contribution in [1.82, 2.24) is 5.32 Å². The van der Waals surface area contributed by atoms with Crippen molar-refractivity contribution < 1.29 is 13.5 Å². The average Bonchev–Trinajstić information content (AvgIpc) is 2.29. The summed E-state index contributed by atoms with van der Waals surface area (Å²) in [6.07, 6.45) is 0. The van der Waals surface area contributed by atoms with Crippen LogP contribution >= 0.6 is 11.8 Å². The lowest BCUT2D eigenvalue weighted by atomic mass is 10.3. The second-order valence-electron chi connectivity index (χ2n) is 3.73. The van der Waals surface area contributed by atoms with Crippen LogP contribution in [-0.2, 0) is 4.74 Å². The molecule has 1 aromatic carbocycles. The third-order valence-corrected chi connectivity index (χ3v) is 3.19. The van der Waals surface area contributed by atoms with Crippen LogP contribution in [-0.4, -0.2) is 32.1 Å². The summed E-state index contributed by atoms with van der Waals surface area (Å²) in [7, 11) is 1.65. The highest BCUT2D eigenvalue weighted by Crippen LogP contribution is 2.21. The first-order chi connectivity index (χ1) is 8.13. The third-order valence-electron chi connectivity index (χ3n) is 2.16. The van der Waals surface area contributed by atoms with Gasteiger partial charge in [0.25, 0.3) is 0 Å². The fourth-order valence-corrected chi connectivity index (χ4v) is 2.20. The second kappa shape index (κ2) is 7.63. The molecular formula is C12H17F2NOS. The van der Waals surface area contributed by atoms with Gasteiger partial charge in [0.05, 0.1) is 6.61 Å². The Bertz CT molecular complexity index is 349. The lowest BCUT2D eigenvalue weighted by Gasteiger charge is -2.12. The van der Waals surface area contributed by atoms with Crippen molar-refractivity contribution in [2.75, 3.05) is 26.0 Å². The molecule has 0 bridgehead atoms. The molecule has 0 aromatic heterocycles. The van der Waals surface area contributed by atoms with E-state index in [-0.39, 0.29) is 11.9 Å². The summed E-state index contributed by atoms with van der Waals surface area (Å²) in [4.78, 5) is 0.353. The summed E-state index contributed by atoms with van der Waals surface area (Å²) < 4.78 is 31.1. The predicted octanol–water partition coefficient (Wildman–Crippen LogP) is 2.68. The molecule has 1 atom stereocenters. The van der Waals surface area contributed by atoms with Gasteiger partial charge in [-0.3, -0.25) is 0 Å². The Kier molecular flexibility index (Phi) is 6.47. The minimum atomic E-state index is -0.408. The van der Waals surface area contributed by atoms with E-state index in [0.717, 1.165) is 18.7 Å². The van der Waals surface area contributed by atoms with E-state index >= 15 is 0 Å². The van der Waals surface area contributed by atoms with Crippen molar-refractivity contribution >= 4 is 11.8 Å². The maximum absolute atomic E-state index is 13.2. The van der Waals surface area contributed by atoms with Crippen molar-refractivity contribution in [3.05, 3.63) is 29.8 Å². The van der Waals surface area contributed by atoms with Crippen LogP contribution in [0.3, 0.4) is 0 Å². The van der Waals surface area contributed by atoms with Gasteiger partial charge in [0.1, 0.15) is 11.6 Å². The van der Waals surface area contributed by atoms with Crippen molar-refractivity contribution in [2.45, 2.75) is 17.9 Å². The Morgan fingerprint density at radius 1 is 1.41 bits per heavy atom. The fourth-order valence-electron chi connectivity index (χ4n) is 1.36. The van der Waals surface area contributed by atoms with E-state index in [0.29, 0.717) is 17.3 Å². The molecule has 1 N–H and O–H groups in total. The van der Waals surface area contributed by atoms with Crippen LogP contribution in [0.15, 0.2) is 23.1 Å². The van der Waals surface area contributed by atoms with Crippen LogP contribution in [0, 0.1) is 11.6 Å². The summed E-state index contributed by atoms with van der Waals surface area (Å²) in [5.74, 6) is -0.0926. The quantitative estimate of drug-likeness (QED) is 0.602. The number of hydrogen-bond donors (Lipinski definition) is 1. The normalized spacial score (nSPS) is 12.7.